The van der Waals surface area contributed by atoms with Gasteiger partial charge in [-0.15, -0.1) is 10.2 Å². The molecule has 0 unspecified atom stereocenters. The van der Waals surface area contributed by atoms with Gasteiger partial charge in [-0.1, -0.05) is 18.6 Å². The standard InChI is InChI=1S/C20H20N6O3/c1-24-18(27)15(12-21)19(25(2)20(24)28)29-14-8-6-7-13(11-14)17-23-22-16-9-4-3-5-10-26(16)17/h6-8,11H,3-5,9-10H2,1-2H3. The van der Waals surface area contributed by atoms with Crippen LogP contribution in [0, 0.1) is 11.3 Å². The molecule has 2 aromatic heterocycles. The molecule has 4 rings (SSSR count). The highest BCUT2D eigenvalue weighted by atomic mass is 16.5. The molecule has 0 aliphatic carbocycles. The lowest BCUT2D eigenvalue weighted by Gasteiger charge is -2.13. The van der Waals surface area contributed by atoms with E-state index in [1.165, 1.54) is 20.5 Å². The van der Waals surface area contributed by atoms with Gasteiger partial charge in [0.2, 0.25) is 5.88 Å². The molecule has 0 amide bonds. The van der Waals surface area contributed by atoms with Gasteiger partial charge in [-0.3, -0.25) is 13.9 Å². The fourth-order valence-corrected chi connectivity index (χ4v) is 3.55. The zero-order chi connectivity index (χ0) is 20.5. The van der Waals surface area contributed by atoms with Crippen molar-refractivity contribution in [1.29, 1.82) is 5.26 Å². The minimum atomic E-state index is -0.690. The lowest BCUT2D eigenvalue weighted by Crippen LogP contribution is -2.38. The van der Waals surface area contributed by atoms with E-state index in [0.29, 0.717) is 5.75 Å². The van der Waals surface area contributed by atoms with Crippen molar-refractivity contribution in [3.63, 3.8) is 0 Å². The van der Waals surface area contributed by atoms with Crippen LogP contribution in [0.3, 0.4) is 0 Å². The summed E-state index contributed by atoms with van der Waals surface area (Å²) in [6.07, 6.45) is 4.26. The molecule has 148 valence electrons. The van der Waals surface area contributed by atoms with Crippen LogP contribution < -0.4 is 16.0 Å². The van der Waals surface area contributed by atoms with Gasteiger partial charge in [0.15, 0.2) is 11.4 Å². The topological polar surface area (TPSA) is 108 Å². The first-order chi connectivity index (χ1) is 14.0. The first kappa shape index (κ1) is 18.7. The SMILES string of the molecule is Cn1c(Oc2cccc(-c3nnc4n3CCCCC4)c2)c(C#N)c(=O)n(C)c1=O. The molecule has 0 atom stereocenters. The molecular formula is C20H20N6O3. The lowest BCUT2D eigenvalue weighted by atomic mass is 10.2. The molecule has 3 heterocycles. The number of ether oxygens (including phenoxy) is 1. The largest absolute Gasteiger partial charge is 0.439 e. The van der Waals surface area contributed by atoms with E-state index in [0.717, 1.165) is 52.2 Å². The highest BCUT2D eigenvalue weighted by molar-refractivity contribution is 5.58. The predicted octanol–water partition coefficient (Wildman–Crippen LogP) is 1.73. The molecular weight excluding hydrogens is 372 g/mol. The summed E-state index contributed by atoms with van der Waals surface area (Å²) in [5.74, 6) is 2.04. The lowest BCUT2D eigenvalue weighted by molar-refractivity contribution is 0.421. The van der Waals surface area contributed by atoms with E-state index < -0.39 is 11.2 Å². The summed E-state index contributed by atoms with van der Waals surface area (Å²) in [5, 5.41) is 18.1. The molecule has 1 aliphatic heterocycles. The van der Waals surface area contributed by atoms with Crippen molar-refractivity contribution < 1.29 is 4.74 Å². The van der Waals surface area contributed by atoms with Crippen LogP contribution in [0.2, 0.25) is 0 Å². The van der Waals surface area contributed by atoms with Crippen molar-refractivity contribution in [2.75, 3.05) is 0 Å². The third kappa shape index (κ3) is 3.23. The predicted molar refractivity (Wildman–Crippen MR) is 105 cm³/mol. The summed E-state index contributed by atoms with van der Waals surface area (Å²) in [6, 6.07) is 9.01. The van der Waals surface area contributed by atoms with E-state index in [1.54, 1.807) is 18.2 Å². The molecule has 0 radical (unpaired) electrons. The Balaban J connectivity index is 1.76. The van der Waals surface area contributed by atoms with Gasteiger partial charge in [-0.05, 0) is 25.0 Å². The van der Waals surface area contributed by atoms with Crippen LogP contribution in [0.5, 0.6) is 11.6 Å². The Morgan fingerprint density at radius 3 is 2.72 bits per heavy atom. The molecule has 3 aromatic rings. The second-order valence-corrected chi connectivity index (χ2v) is 7.03. The van der Waals surface area contributed by atoms with Gasteiger partial charge in [0.1, 0.15) is 17.6 Å². The van der Waals surface area contributed by atoms with Crippen LogP contribution in [-0.2, 0) is 27.1 Å². The molecule has 29 heavy (non-hydrogen) atoms. The highest BCUT2D eigenvalue weighted by Crippen LogP contribution is 2.28. The Morgan fingerprint density at radius 2 is 1.93 bits per heavy atom. The number of nitrogens with zero attached hydrogens (tertiary/aromatic N) is 6. The van der Waals surface area contributed by atoms with Crippen molar-refractivity contribution in [3.8, 4) is 29.1 Å². The summed E-state index contributed by atoms with van der Waals surface area (Å²) in [5.41, 5.74) is -0.667. The molecule has 9 heteroatoms. The molecule has 0 spiro atoms. The number of rotatable bonds is 3. The van der Waals surface area contributed by atoms with Crippen LogP contribution in [0.1, 0.15) is 30.7 Å². The molecule has 0 saturated carbocycles. The van der Waals surface area contributed by atoms with Gasteiger partial charge in [-0.2, -0.15) is 5.26 Å². The average Bonchev–Trinajstić information content (AvgIpc) is 2.99. The molecule has 0 saturated heterocycles. The van der Waals surface area contributed by atoms with Gasteiger partial charge in [-0.25, -0.2) is 4.79 Å². The third-order valence-corrected chi connectivity index (χ3v) is 5.14. The number of nitriles is 1. The highest BCUT2D eigenvalue weighted by Gasteiger charge is 2.19. The Hall–Kier alpha value is -3.67. The first-order valence-corrected chi connectivity index (χ1v) is 9.41. The monoisotopic (exact) mass is 392 g/mol. The first-order valence-electron chi connectivity index (χ1n) is 9.41. The second-order valence-electron chi connectivity index (χ2n) is 7.03. The van der Waals surface area contributed by atoms with Gasteiger partial charge in [0.25, 0.3) is 5.56 Å². The van der Waals surface area contributed by atoms with Crippen LogP contribution in [0.25, 0.3) is 11.4 Å². The summed E-state index contributed by atoms with van der Waals surface area (Å²) < 4.78 is 9.98. The molecule has 1 aliphatic rings. The zero-order valence-electron chi connectivity index (χ0n) is 16.3. The van der Waals surface area contributed by atoms with Crippen molar-refractivity contribution in [2.24, 2.45) is 14.1 Å². The van der Waals surface area contributed by atoms with Crippen molar-refractivity contribution in [1.82, 2.24) is 23.9 Å². The summed E-state index contributed by atoms with van der Waals surface area (Å²) >= 11 is 0. The van der Waals surface area contributed by atoms with E-state index in [9.17, 15) is 14.9 Å². The van der Waals surface area contributed by atoms with Crippen molar-refractivity contribution in [3.05, 3.63) is 56.5 Å². The number of hydrogen-bond acceptors (Lipinski definition) is 6. The fraction of sp³-hybridized carbons (Fsp3) is 0.350. The summed E-state index contributed by atoms with van der Waals surface area (Å²) in [6.45, 7) is 0.866. The van der Waals surface area contributed by atoms with E-state index in [-0.39, 0.29) is 11.4 Å². The van der Waals surface area contributed by atoms with E-state index >= 15 is 0 Å². The maximum Gasteiger partial charge on any atom is 0.333 e. The van der Waals surface area contributed by atoms with Crippen LogP contribution in [0.4, 0.5) is 0 Å². The van der Waals surface area contributed by atoms with Crippen LogP contribution in [0.15, 0.2) is 33.9 Å². The average molecular weight is 392 g/mol. The third-order valence-electron chi connectivity index (χ3n) is 5.14. The summed E-state index contributed by atoms with van der Waals surface area (Å²) in [4.78, 5) is 24.5. The van der Waals surface area contributed by atoms with Gasteiger partial charge >= 0.3 is 5.69 Å². The van der Waals surface area contributed by atoms with Crippen LogP contribution >= 0.6 is 0 Å². The number of benzene rings is 1. The molecule has 9 nitrogen and oxygen atoms in total. The minimum Gasteiger partial charge on any atom is -0.439 e. The van der Waals surface area contributed by atoms with E-state index in [2.05, 4.69) is 14.8 Å². The Labute approximate surface area is 166 Å². The maximum atomic E-state index is 12.3. The Bertz CT molecular complexity index is 1240. The number of aromatic nitrogens is 5. The summed E-state index contributed by atoms with van der Waals surface area (Å²) in [7, 11) is 2.78. The van der Waals surface area contributed by atoms with E-state index in [1.807, 2.05) is 12.1 Å². The van der Waals surface area contributed by atoms with E-state index in [4.69, 9.17) is 4.74 Å². The normalized spacial score (nSPS) is 13.4. The maximum absolute atomic E-state index is 12.3. The smallest absolute Gasteiger partial charge is 0.333 e. The quantitative estimate of drug-likeness (QED) is 0.672. The van der Waals surface area contributed by atoms with Crippen LogP contribution in [-0.4, -0.2) is 23.9 Å². The minimum absolute atomic E-state index is 0.0853. The molecule has 0 bridgehead atoms. The fourth-order valence-electron chi connectivity index (χ4n) is 3.55. The molecule has 1 aromatic carbocycles. The Morgan fingerprint density at radius 1 is 1.10 bits per heavy atom. The number of aryl methyl sites for hydroxylation is 1. The Kier molecular flexibility index (Phi) is 4.76. The van der Waals surface area contributed by atoms with Gasteiger partial charge in [0.05, 0.1) is 0 Å². The second kappa shape index (κ2) is 7.39. The van der Waals surface area contributed by atoms with Crippen molar-refractivity contribution >= 4 is 0 Å². The molecule has 0 N–H and O–H groups in total. The van der Waals surface area contributed by atoms with Gasteiger partial charge < -0.3 is 9.30 Å². The van der Waals surface area contributed by atoms with Gasteiger partial charge in [0, 0.05) is 32.6 Å². The number of hydrogen-bond donors (Lipinski definition) is 0. The zero-order valence-corrected chi connectivity index (χ0v) is 16.3. The van der Waals surface area contributed by atoms with Crippen molar-refractivity contribution in [2.45, 2.75) is 32.2 Å². The molecule has 0 fully saturated rings. The number of fused-ring (bicyclic) bond motifs is 1.